The molecule has 1 N–H and O–H groups in total. The van der Waals surface area contributed by atoms with Gasteiger partial charge < -0.3 is 24.6 Å². The normalized spacial score (nSPS) is 20.3. The van der Waals surface area contributed by atoms with Gasteiger partial charge in [-0.05, 0) is 54.5 Å². The van der Waals surface area contributed by atoms with Gasteiger partial charge in [-0.3, -0.25) is 9.59 Å². The first kappa shape index (κ1) is 37.0. The van der Waals surface area contributed by atoms with Gasteiger partial charge in [-0.1, -0.05) is 98.2 Å². The Morgan fingerprint density at radius 3 is 2.00 bits per heavy atom. The number of nitrogens with zero attached hydrogens (tertiary/aromatic N) is 2. The molecule has 0 unspecified atom stereocenters. The van der Waals surface area contributed by atoms with E-state index in [4.69, 9.17) is 9.47 Å². The molecular formula is C36H61N3O4. The number of hydrogen-bond donors (Lipinski definition) is 1. The number of carbonyl (C=O) groups excluding carboxylic acids is 2. The van der Waals surface area contributed by atoms with Crippen LogP contribution in [0.2, 0.25) is 0 Å². The second-order valence-corrected chi connectivity index (χ2v) is 14.4. The van der Waals surface area contributed by atoms with Crippen LogP contribution in [-0.2, 0) is 24.5 Å². The number of carbonyl (C=O) groups is 2. The van der Waals surface area contributed by atoms with E-state index in [1.165, 1.54) is 5.56 Å². The highest BCUT2D eigenvalue weighted by Crippen LogP contribution is 2.34. The van der Waals surface area contributed by atoms with Crippen LogP contribution in [0.4, 0.5) is 0 Å². The van der Waals surface area contributed by atoms with Gasteiger partial charge in [-0.25, -0.2) is 0 Å². The van der Waals surface area contributed by atoms with E-state index in [0.29, 0.717) is 24.7 Å². The zero-order valence-electron chi connectivity index (χ0n) is 29.2. The van der Waals surface area contributed by atoms with Gasteiger partial charge >= 0.3 is 0 Å². The molecule has 0 spiro atoms. The van der Waals surface area contributed by atoms with Crippen LogP contribution in [0.3, 0.4) is 0 Å². The van der Waals surface area contributed by atoms with Crippen LogP contribution >= 0.6 is 0 Å². The van der Waals surface area contributed by atoms with Crippen molar-refractivity contribution in [3.8, 4) is 0 Å². The fourth-order valence-corrected chi connectivity index (χ4v) is 6.68. The SMILES string of the molecule is CC[C@H](CN[C@H](C(=O)N(C)[C@H](/C=C(\C)C(=O)N1[C@H](COC)CC[C@H]1COC)C(C)C)C(C)(C)C)C(C)(C)c1ccccc1. The quantitative estimate of drug-likeness (QED) is 0.248. The first-order valence-corrected chi connectivity index (χ1v) is 16.2. The number of rotatable bonds is 15. The van der Waals surface area contributed by atoms with E-state index in [1.54, 1.807) is 14.2 Å². The molecule has 244 valence electrons. The average Bonchev–Trinajstić information content (AvgIpc) is 3.34. The fraction of sp³-hybridized carbons (Fsp3) is 0.722. The Morgan fingerprint density at radius 1 is 1.02 bits per heavy atom. The third kappa shape index (κ3) is 9.39. The Kier molecular flexibility index (Phi) is 13.9. The van der Waals surface area contributed by atoms with E-state index in [-0.39, 0.29) is 52.7 Å². The molecule has 1 heterocycles. The van der Waals surface area contributed by atoms with E-state index < -0.39 is 0 Å². The summed E-state index contributed by atoms with van der Waals surface area (Å²) in [6.45, 7) is 21.0. The smallest absolute Gasteiger partial charge is 0.249 e. The van der Waals surface area contributed by atoms with Crippen LogP contribution in [0.1, 0.15) is 87.1 Å². The van der Waals surface area contributed by atoms with Crippen molar-refractivity contribution in [3.05, 3.63) is 47.5 Å². The molecule has 1 aliphatic rings. The van der Waals surface area contributed by atoms with Crippen molar-refractivity contribution in [2.45, 2.75) is 111 Å². The van der Waals surface area contributed by atoms with Crippen LogP contribution in [0.25, 0.3) is 0 Å². The minimum absolute atomic E-state index is 0.00692. The summed E-state index contributed by atoms with van der Waals surface area (Å²) in [5.74, 6) is 0.512. The molecule has 1 saturated heterocycles. The molecule has 0 saturated carbocycles. The molecule has 1 aromatic carbocycles. The molecule has 1 aromatic rings. The molecule has 7 nitrogen and oxygen atoms in total. The molecule has 1 aliphatic heterocycles. The summed E-state index contributed by atoms with van der Waals surface area (Å²) in [5.41, 5.74) is 1.62. The van der Waals surface area contributed by atoms with Crippen LogP contribution < -0.4 is 5.32 Å². The van der Waals surface area contributed by atoms with Crippen molar-refractivity contribution in [2.75, 3.05) is 41.0 Å². The first-order chi connectivity index (χ1) is 20.1. The first-order valence-electron chi connectivity index (χ1n) is 16.2. The summed E-state index contributed by atoms with van der Waals surface area (Å²) in [6, 6.07) is 10.1. The fourth-order valence-electron chi connectivity index (χ4n) is 6.68. The van der Waals surface area contributed by atoms with Crippen LogP contribution in [0.15, 0.2) is 42.0 Å². The molecule has 0 bridgehead atoms. The van der Waals surface area contributed by atoms with Crippen molar-refractivity contribution in [1.29, 1.82) is 0 Å². The van der Waals surface area contributed by atoms with Gasteiger partial charge in [0.1, 0.15) is 0 Å². The van der Waals surface area contributed by atoms with Crippen LogP contribution in [0.5, 0.6) is 0 Å². The number of hydrogen-bond acceptors (Lipinski definition) is 5. The monoisotopic (exact) mass is 599 g/mol. The minimum Gasteiger partial charge on any atom is -0.383 e. The van der Waals surface area contributed by atoms with Gasteiger partial charge in [-0.15, -0.1) is 0 Å². The maximum atomic E-state index is 14.2. The summed E-state index contributed by atoms with van der Waals surface area (Å²) in [6.07, 6.45) is 4.78. The van der Waals surface area contributed by atoms with Crippen molar-refractivity contribution in [2.24, 2.45) is 17.3 Å². The Balaban J connectivity index is 2.30. The number of nitrogens with one attached hydrogen (secondary N) is 1. The molecule has 0 aliphatic carbocycles. The summed E-state index contributed by atoms with van der Waals surface area (Å²) < 4.78 is 10.9. The lowest BCUT2D eigenvalue weighted by Crippen LogP contribution is -2.56. The largest absolute Gasteiger partial charge is 0.383 e. The number of likely N-dealkylation sites (N-methyl/N-ethyl adjacent to an activating group) is 1. The second-order valence-electron chi connectivity index (χ2n) is 14.4. The van der Waals surface area contributed by atoms with Crippen molar-refractivity contribution >= 4 is 11.8 Å². The standard InChI is InChI=1S/C36H61N3O4/c1-13-27(36(8,9)28-17-15-14-16-18-28)22-37-32(35(5,6)7)34(41)38(10)31(25(2)3)21-26(4)33(40)39-29(23-42-11)19-20-30(39)24-43-12/h14-18,21,25,27,29-32,37H,13,19-20,22-24H2,1-12H3/b26-21+/t27-,29+,30+,31-,32-/m1/s1. The van der Waals surface area contributed by atoms with Gasteiger partial charge in [0, 0.05) is 26.8 Å². The van der Waals surface area contributed by atoms with Crippen LogP contribution in [0, 0.1) is 17.3 Å². The average molecular weight is 600 g/mol. The summed E-state index contributed by atoms with van der Waals surface area (Å²) in [5, 5.41) is 3.71. The second kappa shape index (κ2) is 16.2. The number of amides is 2. The number of benzene rings is 1. The van der Waals surface area contributed by atoms with Gasteiger partial charge in [-0.2, -0.15) is 0 Å². The van der Waals surface area contributed by atoms with Crippen molar-refractivity contribution in [3.63, 3.8) is 0 Å². The minimum atomic E-state index is -0.375. The predicted octanol–water partition coefficient (Wildman–Crippen LogP) is 6.08. The van der Waals surface area contributed by atoms with E-state index in [0.717, 1.165) is 25.8 Å². The van der Waals surface area contributed by atoms with Gasteiger partial charge in [0.2, 0.25) is 11.8 Å². The number of likely N-dealkylation sites (tertiary alicyclic amines) is 1. The highest BCUT2D eigenvalue weighted by Gasteiger charge is 2.40. The summed E-state index contributed by atoms with van der Waals surface area (Å²) >= 11 is 0. The molecule has 2 amide bonds. The molecule has 43 heavy (non-hydrogen) atoms. The lowest BCUT2D eigenvalue weighted by molar-refractivity contribution is -0.137. The molecule has 1 fully saturated rings. The number of methoxy groups -OCH3 is 2. The van der Waals surface area contributed by atoms with Crippen molar-refractivity contribution in [1.82, 2.24) is 15.1 Å². The highest BCUT2D eigenvalue weighted by atomic mass is 16.5. The van der Waals surface area contributed by atoms with Crippen LogP contribution in [-0.4, -0.2) is 86.8 Å². The Bertz CT molecular complexity index is 1030. The number of ether oxygens (including phenoxy) is 2. The topological polar surface area (TPSA) is 71.1 Å². The summed E-state index contributed by atoms with van der Waals surface area (Å²) in [4.78, 5) is 31.8. The van der Waals surface area contributed by atoms with E-state index in [9.17, 15) is 9.59 Å². The zero-order valence-corrected chi connectivity index (χ0v) is 29.2. The van der Waals surface area contributed by atoms with Gasteiger partial charge in [0.15, 0.2) is 0 Å². The van der Waals surface area contributed by atoms with Gasteiger partial charge in [0.05, 0.1) is 37.4 Å². The zero-order chi connectivity index (χ0) is 32.5. The lowest BCUT2D eigenvalue weighted by atomic mass is 9.72. The maximum Gasteiger partial charge on any atom is 0.249 e. The molecular weight excluding hydrogens is 538 g/mol. The maximum absolute atomic E-state index is 14.2. The Morgan fingerprint density at radius 2 is 1.56 bits per heavy atom. The third-order valence-electron chi connectivity index (χ3n) is 9.52. The van der Waals surface area contributed by atoms with E-state index in [2.05, 4.69) is 91.0 Å². The highest BCUT2D eigenvalue weighted by molar-refractivity contribution is 5.94. The molecule has 0 radical (unpaired) electrons. The molecule has 2 rings (SSSR count). The molecule has 5 atom stereocenters. The Labute approximate surface area is 262 Å². The van der Waals surface area contributed by atoms with E-state index in [1.807, 2.05) is 29.8 Å². The summed E-state index contributed by atoms with van der Waals surface area (Å²) in [7, 11) is 5.23. The molecule has 0 aromatic heterocycles. The third-order valence-corrected chi connectivity index (χ3v) is 9.52. The van der Waals surface area contributed by atoms with Crippen molar-refractivity contribution < 1.29 is 19.1 Å². The molecule has 7 heteroatoms. The van der Waals surface area contributed by atoms with Gasteiger partial charge in [0.25, 0.3) is 0 Å². The predicted molar refractivity (Wildman–Crippen MR) is 177 cm³/mol. The van der Waals surface area contributed by atoms with E-state index >= 15 is 0 Å². The Hall–Kier alpha value is -2.22. The lowest BCUT2D eigenvalue weighted by Gasteiger charge is -2.40.